The van der Waals surface area contributed by atoms with Gasteiger partial charge in [-0.2, -0.15) is 5.10 Å². The van der Waals surface area contributed by atoms with Gasteiger partial charge in [-0.1, -0.05) is 18.0 Å². The zero-order valence-corrected chi connectivity index (χ0v) is 12.6. The van der Waals surface area contributed by atoms with Crippen LogP contribution in [0.4, 0.5) is 5.69 Å². The van der Waals surface area contributed by atoms with Crippen molar-refractivity contribution in [2.45, 2.75) is 38.3 Å². The Morgan fingerprint density at radius 2 is 2.33 bits per heavy atom. The molecule has 0 spiro atoms. The Kier molecular flexibility index (Phi) is 3.89. The molecule has 0 aromatic carbocycles. The van der Waals surface area contributed by atoms with E-state index in [4.69, 9.17) is 11.6 Å². The molecule has 1 heterocycles. The van der Waals surface area contributed by atoms with E-state index < -0.39 is 11.5 Å². The molecule has 2 bridgehead atoms. The summed E-state index contributed by atoms with van der Waals surface area (Å²) < 4.78 is 5.54. The van der Waals surface area contributed by atoms with Crippen LogP contribution in [0, 0.1) is 11.8 Å². The van der Waals surface area contributed by atoms with Gasteiger partial charge in [-0.25, -0.2) is 4.68 Å². The number of methoxy groups -OCH3 is 1. The van der Waals surface area contributed by atoms with Gasteiger partial charge in [0.05, 0.1) is 19.0 Å². The molecule has 3 unspecified atom stereocenters. The Labute approximate surface area is 127 Å². The predicted octanol–water partition coefficient (Wildman–Crippen LogP) is 1.67. The molecule has 2 aliphatic carbocycles. The van der Waals surface area contributed by atoms with Crippen molar-refractivity contribution in [2.24, 2.45) is 11.8 Å². The largest absolute Gasteiger partial charge is 0.468 e. The molecular weight excluding hydrogens is 294 g/mol. The maximum atomic E-state index is 12.1. The molecule has 3 rings (SSSR count). The zero-order valence-electron chi connectivity index (χ0n) is 11.8. The van der Waals surface area contributed by atoms with Crippen LogP contribution in [0.25, 0.3) is 0 Å². The minimum absolute atomic E-state index is 0.0803. The molecule has 0 saturated heterocycles. The molecule has 6 nitrogen and oxygen atoms in total. The topological polar surface area (TPSA) is 73.2 Å². The van der Waals surface area contributed by atoms with E-state index >= 15 is 0 Å². The van der Waals surface area contributed by atoms with Gasteiger partial charge in [-0.3, -0.25) is 9.59 Å². The van der Waals surface area contributed by atoms with Gasteiger partial charge >= 0.3 is 5.97 Å². The van der Waals surface area contributed by atoms with Gasteiger partial charge in [0.2, 0.25) is 0 Å². The first-order valence-corrected chi connectivity index (χ1v) is 7.55. The average Bonchev–Trinajstić information content (AvgIpc) is 3.09. The average molecular weight is 312 g/mol. The lowest BCUT2D eigenvalue weighted by Gasteiger charge is -2.24. The fourth-order valence-electron chi connectivity index (χ4n) is 3.49. The molecule has 7 heteroatoms. The van der Waals surface area contributed by atoms with E-state index in [1.165, 1.54) is 32.6 Å². The van der Waals surface area contributed by atoms with Crippen LogP contribution in [0.3, 0.4) is 0 Å². The molecular formula is C14H18ClN3O3. The molecule has 1 aromatic heterocycles. The molecule has 0 amide bonds. The van der Waals surface area contributed by atoms with Crippen molar-refractivity contribution >= 4 is 23.3 Å². The maximum Gasteiger partial charge on any atom is 0.327 e. The number of rotatable bonds is 4. The normalized spacial score (nSPS) is 26.9. The third-order valence-corrected chi connectivity index (χ3v) is 4.94. The minimum atomic E-state index is -0.533. The fraction of sp³-hybridized carbons (Fsp3) is 0.643. The van der Waals surface area contributed by atoms with Crippen LogP contribution in [0.15, 0.2) is 11.0 Å². The number of hydrogen-bond acceptors (Lipinski definition) is 5. The van der Waals surface area contributed by atoms with Gasteiger partial charge in [-0.15, -0.1) is 0 Å². The molecule has 2 aliphatic rings. The number of anilines is 1. The molecule has 0 radical (unpaired) electrons. The number of carbonyl (C=O) groups excluding carboxylic acids is 1. The molecule has 114 valence electrons. The van der Waals surface area contributed by atoms with Crippen molar-refractivity contribution in [1.82, 2.24) is 9.78 Å². The van der Waals surface area contributed by atoms with Crippen molar-refractivity contribution in [1.29, 1.82) is 0 Å². The molecule has 1 N–H and O–H groups in total. The van der Waals surface area contributed by atoms with Gasteiger partial charge in [-0.05, 0) is 31.1 Å². The number of fused-ring (bicyclic) bond motifs is 2. The second kappa shape index (κ2) is 5.67. The summed E-state index contributed by atoms with van der Waals surface area (Å²) in [6, 6.07) is 0.374. The van der Waals surface area contributed by atoms with Crippen LogP contribution < -0.4 is 10.9 Å². The summed E-state index contributed by atoms with van der Waals surface area (Å²) in [4.78, 5) is 23.3. The summed E-state index contributed by atoms with van der Waals surface area (Å²) in [7, 11) is 1.26. The van der Waals surface area contributed by atoms with Crippen LogP contribution in [0.5, 0.6) is 0 Å². The van der Waals surface area contributed by atoms with Crippen molar-refractivity contribution < 1.29 is 9.53 Å². The number of halogens is 1. The smallest absolute Gasteiger partial charge is 0.327 e. The number of ether oxygens (including phenoxy) is 1. The summed E-state index contributed by atoms with van der Waals surface area (Å²) in [6.07, 6.45) is 6.47. The summed E-state index contributed by atoms with van der Waals surface area (Å²) in [5, 5.41) is 7.42. The summed E-state index contributed by atoms with van der Waals surface area (Å²) in [6.45, 7) is -0.233. The van der Waals surface area contributed by atoms with E-state index in [9.17, 15) is 9.59 Å². The van der Waals surface area contributed by atoms with Gasteiger partial charge in [0.1, 0.15) is 11.6 Å². The first kappa shape index (κ1) is 14.4. The van der Waals surface area contributed by atoms with Gasteiger partial charge in [0, 0.05) is 6.04 Å². The second-order valence-electron chi connectivity index (χ2n) is 5.84. The van der Waals surface area contributed by atoms with Crippen LogP contribution in [-0.4, -0.2) is 28.9 Å². The first-order valence-electron chi connectivity index (χ1n) is 7.17. The quantitative estimate of drug-likeness (QED) is 0.856. The SMILES string of the molecule is COC(=O)Cn1ncc(NC2CC3CCC2C3)c(Cl)c1=O. The van der Waals surface area contributed by atoms with E-state index in [0.717, 1.165) is 17.0 Å². The monoisotopic (exact) mass is 311 g/mol. The first-order chi connectivity index (χ1) is 10.1. The molecule has 2 fully saturated rings. The number of carbonyl (C=O) groups is 1. The Hall–Kier alpha value is -1.56. The zero-order chi connectivity index (χ0) is 15.0. The number of nitrogens with zero attached hydrogens (tertiary/aromatic N) is 2. The van der Waals surface area contributed by atoms with E-state index in [1.807, 2.05) is 0 Å². The summed E-state index contributed by atoms with van der Waals surface area (Å²) in [5.74, 6) is 0.942. The van der Waals surface area contributed by atoms with Crippen molar-refractivity contribution in [2.75, 3.05) is 12.4 Å². The second-order valence-corrected chi connectivity index (χ2v) is 6.21. The highest BCUT2D eigenvalue weighted by Crippen LogP contribution is 2.45. The molecule has 3 atom stereocenters. The summed E-state index contributed by atoms with van der Waals surface area (Å²) >= 11 is 6.12. The van der Waals surface area contributed by atoms with Crippen molar-refractivity contribution in [3.63, 3.8) is 0 Å². The Morgan fingerprint density at radius 3 is 2.95 bits per heavy atom. The lowest BCUT2D eigenvalue weighted by Crippen LogP contribution is -2.31. The molecule has 2 saturated carbocycles. The van der Waals surface area contributed by atoms with E-state index in [-0.39, 0.29) is 11.6 Å². The van der Waals surface area contributed by atoms with Gasteiger partial charge < -0.3 is 10.1 Å². The van der Waals surface area contributed by atoms with E-state index in [2.05, 4.69) is 15.2 Å². The van der Waals surface area contributed by atoms with Gasteiger partial charge in [0.25, 0.3) is 5.56 Å². The third kappa shape index (κ3) is 2.77. The van der Waals surface area contributed by atoms with Crippen molar-refractivity contribution in [3.05, 3.63) is 21.6 Å². The van der Waals surface area contributed by atoms with Crippen LogP contribution in [-0.2, 0) is 16.1 Å². The third-order valence-electron chi connectivity index (χ3n) is 4.57. The number of esters is 1. The Bertz CT molecular complexity index is 616. The minimum Gasteiger partial charge on any atom is -0.468 e. The molecule has 1 aromatic rings. The highest BCUT2D eigenvalue weighted by Gasteiger charge is 2.39. The Balaban J connectivity index is 1.76. The Morgan fingerprint density at radius 1 is 1.52 bits per heavy atom. The predicted molar refractivity (Wildman–Crippen MR) is 78.4 cm³/mol. The number of aromatic nitrogens is 2. The fourth-order valence-corrected chi connectivity index (χ4v) is 3.69. The highest BCUT2D eigenvalue weighted by atomic mass is 35.5. The van der Waals surface area contributed by atoms with Crippen LogP contribution in [0.1, 0.15) is 25.7 Å². The number of hydrogen-bond donors (Lipinski definition) is 1. The lowest BCUT2D eigenvalue weighted by atomic mass is 9.95. The maximum absolute atomic E-state index is 12.1. The van der Waals surface area contributed by atoms with Crippen LogP contribution in [0.2, 0.25) is 5.02 Å². The van der Waals surface area contributed by atoms with E-state index in [1.54, 1.807) is 0 Å². The summed E-state index contributed by atoms with van der Waals surface area (Å²) in [5.41, 5.74) is 0.0792. The van der Waals surface area contributed by atoms with Gasteiger partial charge in [0.15, 0.2) is 0 Å². The van der Waals surface area contributed by atoms with E-state index in [0.29, 0.717) is 17.6 Å². The highest BCUT2D eigenvalue weighted by molar-refractivity contribution is 6.32. The molecule has 21 heavy (non-hydrogen) atoms. The molecule has 0 aliphatic heterocycles. The standard InChI is InChI=1S/C14H18ClN3O3/c1-21-12(19)7-18-14(20)13(15)11(6-16-18)17-10-5-8-2-3-9(10)4-8/h6,8-10,17H,2-5,7H2,1H3. The van der Waals surface area contributed by atoms with Crippen LogP contribution >= 0.6 is 11.6 Å². The number of nitrogens with one attached hydrogen (secondary N) is 1. The lowest BCUT2D eigenvalue weighted by molar-refractivity contribution is -0.141. The van der Waals surface area contributed by atoms with Crippen molar-refractivity contribution in [3.8, 4) is 0 Å².